The molecule has 4 aromatic rings. The van der Waals surface area contributed by atoms with Crippen molar-refractivity contribution >= 4 is 22.5 Å². The smallest absolute Gasteiger partial charge is 0.267 e. The predicted molar refractivity (Wildman–Crippen MR) is 94.5 cm³/mol. The molecule has 8 heteroatoms. The first-order valence-electron chi connectivity index (χ1n) is 7.57. The van der Waals surface area contributed by atoms with Crippen molar-refractivity contribution in [2.75, 3.05) is 0 Å². The van der Waals surface area contributed by atoms with Gasteiger partial charge in [-0.3, -0.25) is 4.79 Å². The molecule has 0 aliphatic heterocycles. The molecule has 0 fully saturated rings. The molecule has 2 aromatic carbocycles. The van der Waals surface area contributed by atoms with Crippen LogP contribution in [0.2, 0.25) is 5.02 Å². The Balaban J connectivity index is 1.91. The number of para-hydroxylation sites is 1. The molecule has 26 heavy (non-hydrogen) atoms. The van der Waals surface area contributed by atoms with Gasteiger partial charge >= 0.3 is 0 Å². The zero-order valence-corrected chi connectivity index (χ0v) is 14.2. The molecule has 2 aromatic heterocycles. The average molecular weight is 372 g/mol. The van der Waals surface area contributed by atoms with Crippen molar-refractivity contribution in [3.05, 3.63) is 63.7 Å². The monoisotopic (exact) mass is 371 g/mol. The minimum atomic E-state index is -0.569. The molecule has 0 spiro atoms. The van der Waals surface area contributed by atoms with Crippen LogP contribution in [0.5, 0.6) is 5.75 Å². The van der Waals surface area contributed by atoms with Crippen molar-refractivity contribution in [2.24, 2.45) is 7.05 Å². The Kier molecular flexibility index (Phi) is 3.73. The van der Waals surface area contributed by atoms with Gasteiger partial charge in [-0.15, -0.1) is 0 Å². The van der Waals surface area contributed by atoms with Crippen molar-refractivity contribution in [1.29, 1.82) is 0 Å². The summed E-state index contributed by atoms with van der Waals surface area (Å²) in [6, 6.07) is 10.9. The van der Waals surface area contributed by atoms with Crippen LogP contribution in [0.25, 0.3) is 33.7 Å². The van der Waals surface area contributed by atoms with E-state index in [1.807, 2.05) is 0 Å². The largest absolute Gasteiger partial charge is 0.506 e. The van der Waals surface area contributed by atoms with Crippen LogP contribution < -0.4 is 5.56 Å². The summed E-state index contributed by atoms with van der Waals surface area (Å²) in [4.78, 5) is 16.8. The molecule has 1 N–H and O–H groups in total. The highest BCUT2D eigenvalue weighted by molar-refractivity contribution is 6.31. The number of hydrogen-bond acceptors (Lipinski definition) is 5. The SMILES string of the molecule is Cn1c(=O)c(-c2nc(-c3ccc(F)c(Cl)c3)no2)c(O)c2ccccc21. The molecule has 0 bridgehead atoms. The van der Waals surface area contributed by atoms with E-state index in [1.54, 1.807) is 31.3 Å². The molecule has 0 aliphatic carbocycles. The van der Waals surface area contributed by atoms with Crippen LogP contribution in [0.3, 0.4) is 0 Å². The number of nitrogens with zero attached hydrogens (tertiary/aromatic N) is 3. The van der Waals surface area contributed by atoms with Crippen molar-refractivity contribution < 1.29 is 14.0 Å². The number of halogens is 2. The number of benzene rings is 2. The number of pyridine rings is 1. The lowest BCUT2D eigenvalue weighted by atomic mass is 10.1. The van der Waals surface area contributed by atoms with Crippen LogP contribution in [0, 0.1) is 5.82 Å². The van der Waals surface area contributed by atoms with Crippen LogP contribution in [0.4, 0.5) is 4.39 Å². The summed E-state index contributed by atoms with van der Waals surface area (Å²) in [5.41, 5.74) is 0.416. The summed E-state index contributed by atoms with van der Waals surface area (Å²) >= 11 is 5.77. The Labute approximate surface area is 151 Å². The predicted octanol–water partition coefficient (Wildman–Crippen LogP) is 3.75. The minimum Gasteiger partial charge on any atom is -0.506 e. The molecule has 2 heterocycles. The lowest BCUT2D eigenvalue weighted by Gasteiger charge is -2.09. The number of aromatic nitrogens is 3. The summed E-state index contributed by atoms with van der Waals surface area (Å²) < 4.78 is 19.9. The molecular formula is C18H11ClFN3O3. The lowest BCUT2D eigenvalue weighted by Crippen LogP contribution is -2.19. The van der Waals surface area contributed by atoms with E-state index in [0.29, 0.717) is 16.5 Å². The number of aromatic hydroxyl groups is 1. The number of aryl methyl sites for hydroxylation is 1. The molecule has 130 valence electrons. The molecule has 4 rings (SSSR count). The molecule has 0 amide bonds. The van der Waals surface area contributed by atoms with Gasteiger partial charge in [0.15, 0.2) is 0 Å². The van der Waals surface area contributed by atoms with Crippen LogP contribution >= 0.6 is 11.6 Å². The van der Waals surface area contributed by atoms with E-state index in [0.717, 1.165) is 0 Å². The molecule has 0 unspecified atom stereocenters. The number of rotatable bonds is 2. The van der Waals surface area contributed by atoms with Gasteiger partial charge in [0.25, 0.3) is 11.4 Å². The minimum absolute atomic E-state index is 0.0849. The Bertz CT molecular complexity index is 1220. The van der Waals surface area contributed by atoms with Crippen LogP contribution in [-0.2, 0) is 7.05 Å². The van der Waals surface area contributed by atoms with Gasteiger partial charge in [0.05, 0.1) is 10.5 Å². The van der Waals surface area contributed by atoms with Gasteiger partial charge in [-0.2, -0.15) is 4.98 Å². The lowest BCUT2D eigenvalue weighted by molar-refractivity contribution is 0.425. The van der Waals surface area contributed by atoms with Crippen LogP contribution in [-0.4, -0.2) is 19.8 Å². The zero-order chi connectivity index (χ0) is 18.4. The molecular weight excluding hydrogens is 361 g/mol. The van der Waals surface area contributed by atoms with E-state index in [-0.39, 0.29) is 28.1 Å². The van der Waals surface area contributed by atoms with Gasteiger partial charge in [-0.05, 0) is 30.3 Å². The fourth-order valence-corrected chi connectivity index (χ4v) is 2.93. The third kappa shape index (κ3) is 2.44. The topological polar surface area (TPSA) is 81.2 Å². The van der Waals surface area contributed by atoms with Crippen LogP contribution in [0.15, 0.2) is 51.8 Å². The van der Waals surface area contributed by atoms with Gasteiger partial charge in [-0.1, -0.05) is 28.9 Å². The molecule has 0 atom stereocenters. The second kappa shape index (κ2) is 5.96. The number of fused-ring (bicyclic) bond motifs is 1. The normalized spacial score (nSPS) is 11.2. The molecule has 6 nitrogen and oxygen atoms in total. The maximum Gasteiger partial charge on any atom is 0.267 e. The maximum atomic E-state index is 13.3. The highest BCUT2D eigenvalue weighted by Gasteiger charge is 2.22. The maximum absolute atomic E-state index is 13.3. The molecule has 0 aliphatic rings. The van der Waals surface area contributed by atoms with E-state index in [4.69, 9.17) is 16.1 Å². The van der Waals surface area contributed by atoms with Gasteiger partial charge in [-0.25, -0.2) is 4.39 Å². The van der Waals surface area contributed by atoms with Gasteiger partial charge in [0, 0.05) is 18.0 Å². The third-order valence-corrected chi connectivity index (χ3v) is 4.38. The quantitative estimate of drug-likeness (QED) is 0.580. The van der Waals surface area contributed by atoms with Gasteiger partial charge in [0.1, 0.15) is 17.1 Å². The van der Waals surface area contributed by atoms with Crippen molar-refractivity contribution in [3.63, 3.8) is 0 Å². The Morgan fingerprint density at radius 2 is 2.00 bits per heavy atom. The van der Waals surface area contributed by atoms with E-state index in [2.05, 4.69) is 10.1 Å². The van der Waals surface area contributed by atoms with Gasteiger partial charge in [0.2, 0.25) is 5.82 Å². The van der Waals surface area contributed by atoms with E-state index in [1.165, 1.54) is 22.8 Å². The summed E-state index contributed by atoms with van der Waals surface area (Å²) in [7, 11) is 1.59. The highest BCUT2D eigenvalue weighted by atomic mass is 35.5. The zero-order valence-electron chi connectivity index (χ0n) is 13.4. The third-order valence-electron chi connectivity index (χ3n) is 4.09. The Morgan fingerprint density at radius 1 is 1.23 bits per heavy atom. The standard InChI is InChI=1S/C18H11ClFN3O3/c1-23-13-5-3-2-4-10(13)15(24)14(18(23)25)17-21-16(22-26-17)9-6-7-12(20)11(19)8-9/h2-8,24H,1H3. The van der Waals surface area contributed by atoms with Crippen molar-refractivity contribution in [3.8, 4) is 28.6 Å². The number of hydrogen-bond donors (Lipinski definition) is 1. The first-order valence-corrected chi connectivity index (χ1v) is 7.95. The molecule has 0 saturated heterocycles. The fraction of sp³-hybridized carbons (Fsp3) is 0.0556. The van der Waals surface area contributed by atoms with Crippen molar-refractivity contribution in [2.45, 2.75) is 0 Å². The second-order valence-corrected chi connectivity index (χ2v) is 6.06. The van der Waals surface area contributed by atoms with Crippen LogP contribution in [0.1, 0.15) is 0 Å². The van der Waals surface area contributed by atoms with E-state index < -0.39 is 11.4 Å². The Hall–Kier alpha value is -3.19. The Morgan fingerprint density at radius 3 is 2.77 bits per heavy atom. The summed E-state index contributed by atoms with van der Waals surface area (Å²) in [6.45, 7) is 0. The summed E-state index contributed by atoms with van der Waals surface area (Å²) in [6.07, 6.45) is 0. The molecule has 0 radical (unpaired) electrons. The van der Waals surface area contributed by atoms with Gasteiger partial charge < -0.3 is 14.2 Å². The summed E-state index contributed by atoms with van der Waals surface area (Å²) in [5.74, 6) is -0.822. The van der Waals surface area contributed by atoms with E-state index in [9.17, 15) is 14.3 Å². The summed E-state index contributed by atoms with van der Waals surface area (Å²) in [5, 5.41) is 14.8. The fourth-order valence-electron chi connectivity index (χ4n) is 2.75. The van der Waals surface area contributed by atoms with E-state index >= 15 is 0 Å². The average Bonchev–Trinajstić information content (AvgIpc) is 3.12. The molecule has 0 saturated carbocycles. The first-order chi connectivity index (χ1) is 12.5. The first kappa shape index (κ1) is 16.3. The second-order valence-electron chi connectivity index (χ2n) is 5.66. The highest BCUT2D eigenvalue weighted by Crippen LogP contribution is 2.33. The van der Waals surface area contributed by atoms with Crippen molar-refractivity contribution in [1.82, 2.24) is 14.7 Å².